The second kappa shape index (κ2) is 4.94. The third-order valence-electron chi connectivity index (χ3n) is 7.39. The van der Waals surface area contributed by atoms with Crippen molar-refractivity contribution in [1.29, 1.82) is 0 Å². The van der Waals surface area contributed by atoms with Crippen molar-refractivity contribution < 1.29 is 4.57 Å². The minimum atomic E-state index is 0.150. The fraction of sp³-hybridized carbons (Fsp3) is 0.522. The molecule has 2 aromatic rings. The zero-order valence-electron chi connectivity index (χ0n) is 16.8. The van der Waals surface area contributed by atoms with Gasteiger partial charge in [0.2, 0.25) is 5.69 Å². The van der Waals surface area contributed by atoms with Crippen LogP contribution in [0.4, 0.5) is 0 Å². The van der Waals surface area contributed by atoms with E-state index in [-0.39, 0.29) is 16.2 Å². The number of benzene rings is 1. The molecule has 1 heterocycles. The molecule has 1 aromatic heterocycles. The largest absolute Gasteiger partial charge is 0.212 e. The van der Waals surface area contributed by atoms with Crippen LogP contribution in [0.5, 0.6) is 0 Å². The van der Waals surface area contributed by atoms with Crippen LogP contribution in [0, 0.1) is 19.3 Å². The Labute approximate surface area is 147 Å². The molecule has 0 radical (unpaired) electrons. The first kappa shape index (κ1) is 17.2. The van der Waals surface area contributed by atoms with Gasteiger partial charge in [-0.2, -0.15) is 0 Å². The predicted molar refractivity (Wildman–Crippen MR) is 102 cm³/mol. The molecular weight excluding hydrogens is 290 g/mol. The van der Waals surface area contributed by atoms with Crippen molar-refractivity contribution in [2.45, 2.75) is 66.2 Å². The minimum Gasteiger partial charge on any atom is -0.201 e. The van der Waals surface area contributed by atoms with Gasteiger partial charge in [-0.15, -0.1) is 0 Å². The fourth-order valence-corrected chi connectivity index (χ4v) is 4.50. The van der Waals surface area contributed by atoms with Crippen molar-refractivity contribution in [3.8, 4) is 11.3 Å². The molecule has 0 amide bonds. The van der Waals surface area contributed by atoms with Gasteiger partial charge in [0.15, 0.2) is 6.20 Å². The van der Waals surface area contributed by atoms with Gasteiger partial charge < -0.3 is 0 Å². The second-order valence-electron chi connectivity index (χ2n) is 9.29. The molecule has 1 aliphatic carbocycles. The van der Waals surface area contributed by atoms with Gasteiger partial charge in [-0.1, -0.05) is 47.6 Å². The minimum absolute atomic E-state index is 0.150. The summed E-state index contributed by atoms with van der Waals surface area (Å²) >= 11 is 0. The molecule has 0 aliphatic heterocycles. The molecule has 0 atom stereocenters. The summed E-state index contributed by atoms with van der Waals surface area (Å²) in [6, 6.07) is 9.37. The molecule has 0 fully saturated rings. The highest BCUT2D eigenvalue weighted by atomic mass is 14.9. The highest BCUT2D eigenvalue weighted by Gasteiger charge is 2.56. The number of aryl methyl sites for hydroxylation is 3. The quantitative estimate of drug-likeness (QED) is 0.620. The van der Waals surface area contributed by atoms with E-state index in [2.05, 4.69) is 97.5 Å². The Morgan fingerprint density at radius 1 is 0.792 bits per heavy atom. The van der Waals surface area contributed by atoms with Crippen LogP contribution in [0.2, 0.25) is 0 Å². The van der Waals surface area contributed by atoms with Crippen molar-refractivity contribution in [3.63, 3.8) is 0 Å². The van der Waals surface area contributed by atoms with Crippen molar-refractivity contribution in [2.24, 2.45) is 12.5 Å². The lowest BCUT2D eigenvalue weighted by Crippen LogP contribution is -2.42. The highest BCUT2D eigenvalue weighted by Crippen LogP contribution is 2.62. The molecule has 0 N–H and O–H groups in total. The maximum Gasteiger partial charge on any atom is 0.212 e. The van der Waals surface area contributed by atoms with Crippen molar-refractivity contribution in [1.82, 2.24) is 0 Å². The standard InChI is InChI=1S/C23H32N/c1-15-10-11-20(24(9)14-15)17-13-19-18(12-16(17)2)21(3,4)23(7,8)22(19,5)6/h10-14H,1-9H3/q+1. The van der Waals surface area contributed by atoms with Gasteiger partial charge in [-0.25, -0.2) is 4.57 Å². The highest BCUT2D eigenvalue weighted by molar-refractivity contribution is 5.66. The van der Waals surface area contributed by atoms with Crippen LogP contribution in [0.15, 0.2) is 30.5 Å². The van der Waals surface area contributed by atoms with Crippen LogP contribution >= 0.6 is 0 Å². The summed E-state index contributed by atoms with van der Waals surface area (Å²) in [6.45, 7) is 18.9. The molecule has 0 saturated carbocycles. The lowest BCUT2D eigenvalue weighted by molar-refractivity contribution is -0.660. The summed E-state index contributed by atoms with van der Waals surface area (Å²) in [7, 11) is 2.15. The lowest BCUT2D eigenvalue weighted by atomic mass is 9.59. The number of hydrogen-bond donors (Lipinski definition) is 0. The molecular formula is C23H32N+. The van der Waals surface area contributed by atoms with E-state index in [1.165, 1.54) is 33.5 Å². The smallest absolute Gasteiger partial charge is 0.201 e. The Morgan fingerprint density at radius 2 is 1.33 bits per heavy atom. The summed E-state index contributed by atoms with van der Waals surface area (Å²) < 4.78 is 2.25. The molecule has 0 bridgehead atoms. The zero-order valence-corrected chi connectivity index (χ0v) is 16.8. The molecule has 1 aliphatic rings. The zero-order chi connectivity index (χ0) is 18.1. The van der Waals surface area contributed by atoms with E-state index < -0.39 is 0 Å². The molecule has 0 saturated heterocycles. The average Bonchev–Trinajstić information content (AvgIpc) is 2.55. The number of aromatic nitrogens is 1. The number of pyridine rings is 1. The van der Waals surface area contributed by atoms with E-state index in [0.29, 0.717) is 0 Å². The van der Waals surface area contributed by atoms with Gasteiger partial charge in [0.1, 0.15) is 7.05 Å². The SMILES string of the molecule is Cc1ccc(-c2cc3c(cc2C)C(C)(C)C(C)(C)C3(C)C)[n+](C)c1. The first-order valence-corrected chi connectivity index (χ1v) is 9.03. The molecule has 1 heteroatoms. The lowest BCUT2D eigenvalue weighted by Gasteiger charge is -2.44. The Morgan fingerprint density at radius 3 is 1.88 bits per heavy atom. The van der Waals surface area contributed by atoms with Gasteiger partial charge in [-0.05, 0) is 58.9 Å². The summed E-state index contributed by atoms with van der Waals surface area (Å²) in [5.41, 5.74) is 8.88. The predicted octanol–water partition coefficient (Wildman–Crippen LogP) is 5.39. The molecule has 1 nitrogen and oxygen atoms in total. The van der Waals surface area contributed by atoms with E-state index in [0.717, 1.165) is 0 Å². The monoisotopic (exact) mass is 322 g/mol. The summed E-state index contributed by atoms with van der Waals surface area (Å²) in [5, 5.41) is 0. The molecule has 0 unspecified atom stereocenters. The fourth-order valence-electron chi connectivity index (χ4n) is 4.50. The average molecular weight is 323 g/mol. The summed E-state index contributed by atoms with van der Waals surface area (Å²) in [5.74, 6) is 0. The van der Waals surface area contributed by atoms with Gasteiger partial charge in [0.05, 0.1) is 0 Å². The van der Waals surface area contributed by atoms with E-state index in [9.17, 15) is 0 Å². The maximum atomic E-state index is 2.46. The molecule has 3 rings (SSSR count). The first-order valence-electron chi connectivity index (χ1n) is 9.03. The van der Waals surface area contributed by atoms with Gasteiger partial charge in [-0.3, -0.25) is 0 Å². The van der Waals surface area contributed by atoms with Crippen LogP contribution in [-0.2, 0) is 17.9 Å². The topological polar surface area (TPSA) is 3.88 Å². The van der Waals surface area contributed by atoms with E-state index in [1.807, 2.05) is 0 Å². The van der Waals surface area contributed by atoms with Crippen LogP contribution in [-0.4, -0.2) is 0 Å². The maximum absolute atomic E-state index is 2.46. The Kier molecular flexibility index (Phi) is 3.54. The molecule has 0 spiro atoms. The van der Waals surface area contributed by atoms with Crippen molar-refractivity contribution in [3.05, 3.63) is 52.7 Å². The van der Waals surface area contributed by atoms with Gasteiger partial charge in [0, 0.05) is 17.2 Å². The van der Waals surface area contributed by atoms with Crippen molar-refractivity contribution >= 4 is 0 Å². The summed E-state index contributed by atoms with van der Waals surface area (Å²) in [6.07, 6.45) is 2.21. The first-order chi connectivity index (χ1) is 10.9. The molecule has 128 valence electrons. The van der Waals surface area contributed by atoms with Gasteiger partial charge >= 0.3 is 0 Å². The molecule has 24 heavy (non-hydrogen) atoms. The van der Waals surface area contributed by atoms with E-state index in [1.54, 1.807) is 0 Å². The van der Waals surface area contributed by atoms with Crippen LogP contribution in [0.3, 0.4) is 0 Å². The number of rotatable bonds is 1. The van der Waals surface area contributed by atoms with E-state index in [4.69, 9.17) is 0 Å². The number of nitrogens with zero attached hydrogens (tertiary/aromatic N) is 1. The Hall–Kier alpha value is -1.63. The third-order valence-corrected chi connectivity index (χ3v) is 7.39. The summed E-state index contributed by atoms with van der Waals surface area (Å²) in [4.78, 5) is 0. The molecule has 1 aromatic carbocycles. The third kappa shape index (κ3) is 2.03. The second-order valence-corrected chi connectivity index (χ2v) is 9.29. The van der Waals surface area contributed by atoms with Crippen LogP contribution in [0.1, 0.15) is 63.8 Å². The van der Waals surface area contributed by atoms with Crippen LogP contribution in [0.25, 0.3) is 11.3 Å². The normalized spacial score (nSPS) is 20.0. The van der Waals surface area contributed by atoms with Crippen LogP contribution < -0.4 is 4.57 Å². The number of fused-ring (bicyclic) bond motifs is 1. The van der Waals surface area contributed by atoms with Crippen molar-refractivity contribution in [2.75, 3.05) is 0 Å². The van der Waals surface area contributed by atoms with E-state index >= 15 is 0 Å². The Bertz CT molecular complexity index is 822. The Balaban J connectivity index is 2.30. The van der Waals surface area contributed by atoms with Gasteiger partial charge in [0.25, 0.3) is 0 Å². The number of hydrogen-bond acceptors (Lipinski definition) is 0.